The zero-order valence-electron chi connectivity index (χ0n) is 62.9. The molecule has 17 amide bonds. The lowest BCUT2D eigenvalue weighted by Crippen LogP contribution is -2.62. The van der Waals surface area contributed by atoms with Crippen LogP contribution in [0.25, 0.3) is 0 Å². The summed E-state index contributed by atoms with van der Waals surface area (Å²) in [4.78, 5) is 262. The van der Waals surface area contributed by atoms with Crippen molar-refractivity contribution in [2.24, 2.45) is 34.4 Å². The highest BCUT2D eigenvalue weighted by Gasteiger charge is 2.40. The van der Waals surface area contributed by atoms with Gasteiger partial charge in [-0.15, -0.1) is 0 Å². The van der Waals surface area contributed by atoms with Gasteiger partial charge in [0.2, 0.25) is 100 Å². The molecule has 36 N–H and O–H groups in total. The number of H-pyrrole nitrogens is 1. The molecule has 0 saturated carbocycles. The highest BCUT2D eigenvalue weighted by molar-refractivity contribution is 8.77. The quantitative estimate of drug-likeness (QED) is 0.0222. The van der Waals surface area contributed by atoms with Gasteiger partial charge in [0, 0.05) is 65.9 Å². The minimum Gasteiger partial charge on any atom is -0.481 e. The summed E-state index contributed by atoms with van der Waals surface area (Å²) in [6, 6.07) is -29.6. The summed E-state index contributed by atoms with van der Waals surface area (Å²) >= 11 is 0. The highest BCUT2D eigenvalue weighted by atomic mass is 33.1. The van der Waals surface area contributed by atoms with Crippen molar-refractivity contribution in [3.8, 4) is 0 Å². The van der Waals surface area contributed by atoms with Crippen molar-refractivity contribution in [1.29, 1.82) is 10.8 Å². The van der Waals surface area contributed by atoms with Gasteiger partial charge in [-0.1, -0.05) is 64.8 Å². The molecule has 4 rings (SSSR count). The van der Waals surface area contributed by atoms with E-state index in [2.05, 4.69) is 100 Å². The van der Waals surface area contributed by atoms with Gasteiger partial charge >= 0.3 is 5.97 Å². The van der Waals surface area contributed by atoms with Crippen LogP contribution in [0.5, 0.6) is 0 Å². The number of guanidine groups is 2. The maximum atomic E-state index is 14.9. The summed E-state index contributed by atoms with van der Waals surface area (Å²) in [5.74, 6) is -27.0. The van der Waals surface area contributed by atoms with Crippen molar-refractivity contribution < 1.29 is 107 Å². The Morgan fingerprint density at radius 1 is 0.427 bits per heavy atom. The number of hydrogen-bond acceptors (Lipinski definition) is 32. The average molecular weight is 1770 g/mol. The summed E-state index contributed by atoms with van der Waals surface area (Å²) < 4.78 is 0. The van der Waals surface area contributed by atoms with Gasteiger partial charge in [0.15, 0.2) is 11.9 Å². The molecule has 3 aliphatic rings. The molecule has 4 heterocycles. The van der Waals surface area contributed by atoms with E-state index in [0.29, 0.717) is 21.6 Å². The molecule has 0 unspecified atom stereocenters. The van der Waals surface area contributed by atoms with Crippen LogP contribution >= 0.6 is 64.8 Å². The smallest absolute Gasteiger partial charge is 0.305 e. The molecule has 0 aromatic carbocycles. The third-order valence-corrected chi connectivity index (χ3v) is 24.2. The van der Waals surface area contributed by atoms with Crippen molar-refractivity contribution in [3.63, 3.8) is 0 Å². The first kappa shape index (κ1) is 99.5. The summed E-state index contributed by atoms with van der Waals surface area (Å²) in [5.41, 5.74) is 34.7. The lowest BCUT2D eigenvalue weighted by molar-refractivity contribution is -0.141. The Morgan fingerprint density at radius 2 is 0.769 bits per heavy atom. The SMILES string of the molecule is C[C@@H]1NC(=O)[C@H](CCCCN)NC(=O)[C@H](CO)NC(=O)[C@H](CO)NC(=O)[C@@H]2CSSC[C@@H](C(N)=O)NC(=O)[C@@H]3CSSC[C@H](NC(=O)[C@@H](N)CSSC[C@H](NC1=O)C(=O)N[C@@H](CCCNC(=N)N)C(=O)N[C@@H](CC(=O)O)C(=O)N[C@@H](Cc1cnc[nH]1)C(=O)N[C@@H](CO)C(=O)N[C@@H](CCCNC(=N)N)C(=O)N3)C(=O)N[C@H](CC(N)=O)C(=O)N2. The monoisotopic (exact) mass is 1770 g/mol. The number of aliphatic hydroxyl groups is 3. The van der Waals surface area contributed by atoms with Crippen LogP contribution in [-0.4, -0.2) is 319 Å². The van der Waals surface area contributed by atoms with E-state index in [1.54, 1.807) is 0 Å². The zero-order valence-corrected chi connectivity index (χ0v) is 67.8. The average Bonchev–Trinajstić information content (AvgIpc) is 1.67. The van der Waals surface area contributed by atoms with Crippen LogP contribution in [0, 0.1) is 10.8 Å². The Morgan fingerprint density at radius 3 is 1.21 bits per heavy atom. The zero-order chi connectivity index (χ0) is 87.0. The number of aromatic nitrogens is 2. The first-order valence-electron chi connectivity index (χ1n) is 36.0. The van der Waals surface area contributed by atoms with Crippen molar-refractivity contribution in [2.75, 3.05) is 74.0 Å². The fourth-order valence-electron chi connectivity index (χ4n) is 10.5. The van der Waals surface area contributed by atoms with Crippen LogP contribution in [-0.2, 0) is 92.7 Å². The minimum absolute atomic E-state index is 0.0839. The topological polar surface area (TPSA) is 825 Å². The number of amides is 17. The number of unbranched alkanes of at least 4 members (excludes halogenated alkanes) is 1. The molecule has 55 heteroatoms. The molecular weight excluding hydrogens is 1670 g/mol. The minimum atomic E-state index is -2.15. The molecule has 3 aliphatic heterocycles. The van der Waals surface area contributed by atoms with Crippen LogP contribution in [0.4, 0.5) is 0 Å². The number of carboxylic acids is 1. The Kier molecular flexibility index (Phi) is 44.2. The van der Waals surface area contributed by atoms with E-state index in [-0.39, 0.29) is 63.9 Å². The van der Waals surface area contributed by atoms with Crippen LogP contribution in [0.2, 0.25) is 0 Å². The number of carboxylic acid groups (broad SMARTS) is 1. The molecule has 4 bridgehead atoms. The van der Waals surface area contributed by atoms with Crippen molar-refractivity contribution in [1.82, 2.24) is 100 Å². The van der Waals surface area contributed by atoms with Gasteiger partial charge in [-0.25, -0.2) is 4.98 Å². The van der Waals surface area contributed by atoms with E-state index >= 15 is 0 Å². The van der Waals surface area contributed by atoms with E-state index in [4.69, 9.17) is 45.2 Å². The third-order valence-electron chi connectivity index (χ3n) is 16.9. The van der Waals surface area contributed by atoms with E-state index in [1.807, 2.05) is 0 Å². The van der Waals surface area contributed by atoms with Gasteiger partial charge in [0.05, 0.1) is 45.0 Å². The van der Waals surface area contributed by atoms with E-state index in [0.717, 1.165) is 50.1 Å². The molecular formula is C62H101N27O22S6. The largest absolute Gasteiger partial charge is 0.481 e. The number of nitrogens with one attached hydrogen (secondary N) is 20. The van der Waals surface area contributed by atoms with Gasteiger partial charge < -0.3 is 150 Å². The van der Waals surface area contributed by atoms with Crippen molar-refractivity contribution in [2.45, 2.75) is 168 Å². The predicted molar refractivity (Wildman–Crippen MR) is 427 cm³/mol. The Bertz CT molecular complexity index is 3680. The number of aliphatic hydroxyl groups excluding tert-OH is 3. The molecule has 3 saturated heterocycles. The third kappa shape index (κ3) is 35.9. The summed E-state index contributed by atoms with van der Waals surface area (Å²) in [7, 11) is 4.39. The lowest BCUT2D eigenvalue weighted by Gasteiger charge is -2.28. The number of carbonyl (C=O) groups is 18. The fourth-order valence-corrected chi connectivity index (χ4v) is 17.4. The van der Waals surface area contributed by atoms with Gasteiger partial charge in [-0.2, -0.15) is 0 Å². The number of aromatic amines is 1. The predicted octanol–water partition coefficient (Wildman–Crippen LogP) is -13.8. The Hall–Kier alpha value is -9.89. The Balaban J connectivity index is 2.09. The molecule has 117 heavy (non-hydrogen) atoms. The number of imidazole rings is 1. The second-order valence-corrected chi connectivity index (χ2v) is 33.8. The summed E-state index contributed by atoms with van der Waals surface area (Å²) in [5, 5.41) is 97.7. The highest BCUT2D eigenvalue weighted by Crippen LogP contribution is 2.27. The van der Waals surface area contributed by atoms with Crippen LogP contribution < -0.4 is 125 Å². The van der Waals surface area contributed by atoms with Gasteiger partial charge in [0.1, 0.15) is 90.6 Å². The summed E-state index contributed by atoms with van der Waals surface area (Å²) in [6.45, 7) is -2.79. The maximum Gasteiger partial charge on any atom is 0.305 e. The number of carbonyl (C=O) groups excluding carboxylic acids is 17. The van der Waals surface area contributed by atoms with Gasteiger partial charge in [-0.3, -0.25) is 97.1 Å². The van der Waals surface area contributed by atoms with Crippen LogP contribution in [0.15, 0.2) is 12.5 Å². The number of nitrogens with two attached hydrogens (primary N) is 6. The van der Waals surface area contributed by atoms with E-state index in [9.17, 15) is 107 Å². The normalized spacial score (nSPS) is 27.5. The number of nitrogens with zero attached hydrogens (tertiary/aromatic N) is 1. The second-order valence-electron chi connectivity index (χ2n) is 26.1. The van der Waals surface area contributed by atoms with E-state index < -0.39 is 295 Å². The number of fused-ring (bicyclic) bond motifs is 16. The van der Waals surface area contributed by atoms with Crippen LogP contribution in [0.3, 0.4) is 0 Å². The number of hydrogen-bond donors (Lipinski definition) is 30. The maximum absolute atomic E-state index is 14.9. The fraction of sp³-hybridized carbons (Fsp3) is 0.629. The molecule has 3 fully saturated rings. The molecule has 652 valence electrons. The molecule has 0 spiro atoms. The lowest BCUT2D eigenvalue weighted by atomic mass is 10.1. The molecule has 1 aromatic rings. The van der Waals surface area contributed by atoms with Crippen molar-refractivity contribution in [3.05, 3.63) is 18.2 Å². The molecule has 0 aliphatic carbocycles. The molecule has 49 nitrogen and oxygen atoms in total. The standard InChI is InChI=1S/C62H101N27O22S6/c1-26-46(97)86-39-21-114-112-19-28(64)47(98)87-40-22-116-117-24-42(60(111)85-38(45(66)96)20-113-115-23-41(89-52(103)33(13-43(65)93)80-58(40)109)59(110)84-37(18-92)56(107)83-36(17-91)55(106)76-29(48(99)75-26)6-2-3-9-63)88-50(101)31(8-5-11-73-62(69)70)77-54(105)35(16-90)82-51(102)32(12-27-15-71-25-74-27)79-53(104)34(14-44(94)95)81-49(100)30(78-57(39)108)7-4-10-72-61(67)68/h15,25-26,28-42,90-92H,2-14,16-24,63-64H2,1H3,(H2,65,93)(H2,66,96)(H,71,74)(H,75,99)(H,76,106)(H,77,105)(H,78,108)(H,79,104)(H,80,109)(H,81,100)(H,82,102)(H,83,107)(H,84,110)(H,85,111)(H,86,97)(H,87,98)(H,88,101)(H,89,103)(H,94,95)(H4,67,68,72)(H4,69,70,73)/t26-,28-,29-,30-,31-,32-,33+,34-,35-,36-,37-,38-,39-,40-,41-,42-/m0/s1. The van der Waals surface area contributed by atoms with Crippen molar-refractivity contribution >= 4 is 183 Å². The number of aliphatic carboxylic acids is 1. The van der Waals surface area contributed by atoms with Gasteiger partial charge in [-0.05, 0) is 58.4 Å². The molecule has 1 aromatic heterocycles. The number of rotatable bonds is 22. The van der Waals surface area contributed by atoms with Gasteiger partial charge in [0.25, 0.3) is 0 Å². The molecule has 16 atom stereocenters. The second kappa shape index (κ2) is 52.0. The number of primary amides is 2. The summed E-state index contributed by atoms with van der Waals surface area (Å²) in [6.07, 6.45) is -1.29. The molecule has 0 radical (unpaired) electrons. The first-order valence-corrected chi connectivity index (χ1v) is 43.5. The Labute approximate surface area is 691 Å². The van der Waals surface area contributed by atoms with E-state index in [1.165, 1.54) is 12.5 Å². The van der Waals surface area contributed by atoms with Crippen LogP contribution in [0.1, 0.15) is 70.4 Å². The first-order chi connectivity index (χ1) is 55.5.